The van der Waals surface area contributed by atoms with Gasteiger partial charge in [-0.3, -0.25) is 4.68 Å². The highest BCUT2D eigenvalue weighted by molar-refractivity contribution is 5.82. The van der Waals surface area contributed by atoms with E-state index in [1.807, 2.05) is 44.8 Å². The molecule has 0 aliphatic heterocycles. The molecule has 2 rings (SSSR count). The van der Waals surface area contributed by atoms with Gasteiger partial charge in [-0.15, -0.1) is 0 Å². The Hall–Kier alpha value is -1.39. The Balaban J connectivity index is 2.33. The highest BCUT2D eigenvalue weighted by Gasteiger charge is 2.17. The Morgan fingerprint density at radius 1 is 1.33 bits per heavy atom. The van der Waals surface area contributed by atoms with Crippen LogP contribution in [0.4, 0.5) is 0 Å². The molecule has 1 atom stereocenters. The summed E-state index contributed by atoms with van der Waals surface area (Å²) < 4.78 is 7.62. The van der Waals surface area contributed by atoms with E-state index in [-0.39, 0.29) is 12.1 Å². The fourth-order valence-electron chi connectivity index (χ4n) is 2.09. The van der Waals surface area contributed by atoms with Gasteiger partial charge >= 0.3 is 0 Å². The first-order valence-corrected chi connectivity index (χ1v) is 6.34. The van der Waals surface area contributed by atoms with Crippen LogP contribution in [0.25, 0.3) is 10.9 Å². The molecule has 0 spiro atoms. The summed E-state index contributed by atoms with van der Waals surface area (Å²) >= 11 is 0. The number of hydrogen-bond acceptors (Lipinski definition) is 3. The zero-order valence-electron chi connectivity index (χ0n) is 11.5. The normalized spacial score (nSPS) is 13.4. The number of fused-ring (bicyclic) bond motifs is 1. The average molecular weight is 247 g/mol. The second kappa shape index (κ2) is 5.50. The number of nitrogens with zero attached hydrogens (tertiary/aromatic N) is 2. The van der Waals surface area contributed by atoms with Crippen molar-refractivity contribution in [1.82, 2.24) is 15.1 Å². The van der Waals surface area contributed by atoms with Crippen LogP contribution in [0.1, 0.15) is 25.6 Å². The van der Waals surface area contributed by atoms with Crippen molar-refractivity contribution in [1.29, 1.82) is 0 Å². The van der Waals surface area contributed by atoms with Crippen LogP contribution in [0.2, 0.25) is 0 Å². The first-order chi connectivity index (χ1) is 8.63. The highest BCUT2D eigenvalue weighted by Crippen LogP contribution is 2.23. The van der Waals surface area contributed by atoms with Gasteiger partial charge in [0.15, 0.2) is 0 Å². The SMILES string of the molecule is CNC(COC(C)C)c1nn(C)c2ccccc12. The maximum Gasteiger partial charge on any atom is 0.0896 e. The predicted octanol–water partition coefficient (Wildman–Crippen LogP) is 2.26. The quantitative estimate of drug-likeness (QED) is 0.881. The third kappa shape index (κ3) is 2.54. The van der Waals surface area contributed by atoms with Gasteiger partial charge < -0.3 is 10.1 Å². The lowest BCUT2D eigenvalue weighted by molar-refractivity contribution is 0.0620. The molecule has 0 saturated heterocycles. The molecule has 0 aliphatic carbocycles. The largest absolute Gasteiger partial charge is 0.377 e. The number of nitrogens with one attached hydrogen (secondary N) is 1. The maximum atomic E-state index is 5.70. The number of aryl methyl sites for hydroxylation is 1. The molecule has 18 heavy (non-hydrogen) atoms. The number of hydrogen-bond donors (Lipinski definition) is 1. The molecule has 0 saturated carbocycles. The molecule has 1 N–H and O–H groups in total. The number of ether oxygens (including phenoxy) is 1. The monoisotopic (exact) mass is 247 g/mol. The van der Waals surface area contributed by atoms with Crippen molar-refractivity contribution < 1.29 is 4.74 Å². The molecule has 2 aromatic rings. The van der Waals surface area contributed by atoms with Gasteiger partial charge in [0.25, 0.3) is 0 Å². The molecule has 1 aromatic carbocycles. The summed E-state index contributed by atoms with van der Waals surface area (Å²) in [5, 5.41) is 9.08. The van der Waals surface area contributed by atoms with Gasteiger partial charge in [-0.25, -0.2) is 0 Å². The van der Waals surface area contributed by atoms with Crippen LogP contribution in [-0.2, 0) is 11.8 Å². The van der Waals surface area contributed by atoms with E-state index in [1.165, 1.54) is 5.39 Å². The molecule has 98 valence electrons. The Kier molecular flexibility index (Phi) is 3.99. The van der Waals surface area contributed by atoms with Crippen LogP contribution in [0.3, 0.4) is 0 Å². The molecule has 0 radical (unpaired) electrons. The highest BCUT2D eigenvalue weighted by atomic mass is 16.5. The van der Waals surface area contributed by atoms with E-state index in [9.17, 15) is 0 Å². The van der Waals surface area contributed by atoms with E-state index in [4.69, 9.17) is 4.74 Å². The molecule has 1 heterocycles. The molecular formula is C14H21N3O. The lowest BCUT2D eigenvalue weighted by Crippen LogP contribution is -2.24. The van der Waals surface area contributed by atoms with Gasteiger partial charge in [-0.1, -0.05) is 18.2 Å². The second-order valence-electron chi connectivity index (χ2n) is 4.75. The van der Waals surface area contributed by atoms with Crippen molar-refractivity contribution in [3.05, 3.63) is 30.0 Å². The van der Waals surface area contributed by atoms with Crippen LogP contribution >= 0.6 is 0 Å². The van der Waals surface area contributed by atoms with Crippen molar-refractivity contribution in [2.45, 2.75) is 26.0 Å². The molecule has 0 fully saturated rings. The summed E-state index contributed by atoms with van der Waals surface area (Å²) in [4.78, 5) is 0. The molecule has 1 unspecified atom stereocenters. The number of likely N-dealkylation sites (N-methyl/N-ethyl adjacent to an activating group) is 1. The molecule has 4 nitrogen and oxygen atoms in total. The molecule has 0 amide bonds. The lowest BCUT2D eigenvalue weighted by Gasteiger charge is -2.16. The summed E-state index contributed by atoms with van der Waals surface area (Å²) in [5.74, 6) is 0. The molecule has 1 aromatic heterocycles. The van der Waals surface area contributed by atoms with Gasteiger partial charge in [-0.05, 0) is 27.0 Å². The van der Waals surface area contributed by atoms with Crippen molar-refractivity contribution in [2.75, 3.05) is 13.7 Å². The molecular weight excluding hydrogens is 226 g/mol. The Bertz CT molecular complexity index is 519. The zero-order valence-corrected chi connectivity index (χ0v) is 11.5. The molecule has 4 heteroatoms. The summed E-state index contributed by atoms with van der Waals surface area (Å²) in [6, 6.07) is 8.40. The van der Waals surface area contributed by atoms with E-state index in [1.54, 1.807) is 0 Å². The second-order valence-corrected chi connectivity index (χ2v) is 4.75. The van der Waals surface area contributed by atoms with Gasteiger partial charge in [-0.2, -0.15) is 5.10 Å². The van der Waals surface area contributed by atoms with E-state index in [0.29, 0.717) is 6.61 Å². The summed E-state index contributed by atoms with van der Waals surface area (Å²) in [5.41, 5.74) is 2.20. The topological polar surface area (TPSA) is 39.1 Å². The van der Waals surface area contributed by atoms with Gasteiger partial charge in [0.05, 0.1) is 30.0 Å². The fraction of sp³-hybridized carbons (Fsp3) is 0.500. The molecule has 0 aliphatic rings. The number of benzene rings is 1. The number of aromatic nitrogens is 2. The third-order valence-corrected chi connectivity index (χ3v) is 3.06. The van der Waals surface area contributed by atoms with Crippen molar-refractivity contribution >= 4 is 10.9 Å². The maximum absolute atomic E-state index is 5.70. The third-order valence-electron chi connectivity index (χ3n) is 3.06. The zero-order chi connectivity index (χ0) is 13.1. The summed E-state index contributed by atoms with van der Waals surface area (Å²) in [7, 11) is 3.92. The van der Waals surface area contributed by atoms with E-state index in [2.05, 4.69) is 22.5 Å². The number of para-hydroxylation sites is 1. The predicted molar refractivity (Wildman–Crippen MR) is 73.6 cm³/mol. The van der Waals surface area contributed by atoms with Gasteiger partial charge in [0.2, 0.25) is 0 Å². The van der Waals surface area contributed by atoms with E-state index in [0.717, 1.165) is 11.2 Å². The standard InChI is InChI=1S/C14H21N3O/c1-10(2)18-9-12(15-3)14-11-7-5-6-8-13(11)17(4)16-14/h5-8,10,12,15H,9H2,1-4H3. The first kappa shape index (κ1) is 13.1. The average Bonchev–Trinajstić information content (AvgIpc) is 2.68. The van der Waals surface area contributed by atoms with Crippen LogP contribution in [0.5, 0.6) is 0 Å². The van der Waals surface area contributed by atoms with Crippen LogP contribution in [0, 0.1) is 0 Å². The first-order valence-electron chi connectivity index (χ1n) is 6.34. The van der Waals surface area contributed by atoms with Crippen LogP contribution < -0.4 is 5.32 Å². The lowest BCUT2D eigenvalue weighted by atomic mass is 10.1. The Morgan fingerprint density at radius 3 is 2.72 bits per heavy atom. The summed E-state index contributed by atoms with van der Waals surface area (Å²) in [6.45, 7) is 4.72. The van der Waals surface area contributed by atoms with Gasteiger partial charge in [0, 0.05) is 12.4 Å². The fourth-order valence-corrected chi connectivity index (χ4v) is 2.09. The van der Waals surface area contributed by atoms with E-state index < -0.39 is 0 Å². The Labute approximate surface area is 108 Å². The van der Waals surface area contributed by atoms with Crippen molar-refractivity contribution in [3.63, 3.8) is 0 Å². The minimum absolute atomic E-state index is 0.124. The Morgan fingerprint density at radius 2 is 2.06 bits per heavy atom. The van der Waals surface area contributed by atoms with Crippen molar-refractivity contribution in [2.24, 2.45) is 7.05 Å². The number of rotatable bonds is 5. The minimum atomic E-state index is 0.124. The summed E-state index contributed by atoms with van der Waals surface area (Å²) in [6.07, 6.45) is 0.232. The smallest absolute Gasteiger partial charge is 0.0896 e. The van der Waals surface area contributed by atoms with Crippen LogP contribution in [0.15, 0.2) is 24.3 Å². The molecule has 0 bridgehead atoms. The van der Waals surface area contributed by atoms with Crippen molar-refractivity contribution in [3.8, 4) is 0 Å². The van der Waals surface area contributed by atoms with Gasteiger partial charge in [0.1, 0.15) is 0 Å². The van der Waals surface area contributed by atoms with Crippen LogP contribution in [-0.4, -0.2) is 29.5 Å². The van der Waals surface area contributed by atoms with E-state index >= 15 is 0 Å². The minimum Gasteiger partial charge on any atom is -0.377 e.